The highest BCUT2D eigenvalue weighted by atomic mass is 16.6. The number of hydrogen-bond donors (Lipinski definition) is 0. The smallest absolute Gasteiger partial charge is 0.410 e. The molecule has 2 aliphatic heterocycles. The van der Waals surface area contributed by atoms with Crippen molar-refractivity contribution in [1.82, 2.24) is 9.80 Å². The van der Waals surface area contributed by atoms with E-state index in [1.165, 1.54) is 17.0 Å². The Hall–Kier alpha value is -1.71. The van der Waals surface area contributed by atoms with E-state index in [9.17, 15) is 4.79 Å². The quantitative estimate of drug-likeness (QED) is 0.726. The van der Waals surface area contributed by atoms with Gasteiger partial charge in [-0.05, 0) is 31.4 Å². The number of allylic oxidation sites excluding steroid dienone is 4. The van der Waals surface area contributed by atoms with Crippen LogP contribution in [-0.2, 0) is 4.74 Å². The Morgan fingerprint density at radius 1 is 1.53 bits per heavy atom. The van der Waals surface area contributed by atoms with E-state index in [1.54, 1.807) is 0 Å². The van der Waals surface area contributed by atoms with Gasteiger partial charge >= 0.3 is 6.09 Å². The van der Waals surface area contributed by atoms with Gasteiger partial charge in [-0.15, -0.1) is 0 Å². The van der Waals surface area contributed by atoms with E-state index in [-0.39, 0.29) is 6.09 Å². The van der Waals surface area contributed by atoms with Crippen LogP contribution in [0.3, 0.4) is 0 Å². The Labute approximate surface area is 114 Å². The van der Waals surface area contributed by atoms with Crippen LogP contribution in [-0.4, -0.2) is 42.6 Å². The van der Waals surface area contributed by atoms with Gasteiger partial charge < -0.3 is 14.5 Å². The van der Waals surface area contributed by atoms with Crippen LogP contribution < -0.4 is 0 Å². The Kier molecular flexibility index (Phi) is 3.09. The van der Waals surface area contributed by atoms with Gasteiger partial charge in [0.25, 0.3) is 0 Å². The second-order valence-corrected chi connectivity index (χ2v) is 5.21. The molecular formula is C15H20N2O2. The molecule has 0 aromatic rings. The number of rotatable bonds is 1. The molecule has 1 aliphatic carbocycles. The number of carbonyl (C=O) groups excluding carboxylic acids is 1. The average Bonchev–Trinajstić information content (AvgIpc) is 2.73. The molecule has 19 heavy (non-hydrogen) atoms. The predicted octanol–water partition coefficient (Wildman–Crippen LogP) is 2.51. The van der Waals surface area contributed by atoms with Crippen molar-refractivity contribution < 1.29 is 9.53 Å². The molecule has 3 aliphatic rings. The Bertz CT molecular complexity index is 490. The molecule has 1 amide bonds. The molecule has 2 heterocycles. The van der Waals surface area contributed by atoms with E-state index in [0.717, 1.165) is 19.4 Å². The fraction of sp³-hybridized carbons (Fsp3) is 0.533. The van der Waals surface area contributed by atoms with Crippen molar-refractivity contribution >= 4 is 6.09 Å². The number of fused-ring (bicyclic) bond motifs is 2. The van der Waals surface area contributed by atoms with Crippen LogP contribution in [0.15, 0.2) is 35.2 Å². The zero-order chi connectivity index (χ0) is 13.4. The van der Waals surface area contributed by atoms with Crippen molar-refractivity contribution in [2.24, 2.45) is 5.92 Å². The molecule has 4 heteroatoms. The van der Waals surface area contributed by atoms with Crippen LogP contribution >= 0.6 is 0 Å². The predicted molar refractivity (Wildman–Crippen MR) is 73.3 cm³/mol. The average molecular weight is 260 g/mol. The highest BCUT2D eigenvalue weighted by Gasteiger charge is 2.38. The maximum Gasteiger partial charge on any atom is 0.410 e. The van der Waals surface area contributed by atoms with Gasteiger partial charge in [-0.25, -0.2) is 4.79 Å². The summed E-state index contributed by atoms with van der Waals surface area (Å²) in [5.74, 6) is 0.536. The van der Waals surface area contributed by atoms with Gasteiger partial charge in [-0.1, -0.05) is 12.2 Å². The summed E-state index contributed by atoms with van der Waals surface area (Å²) in [6, 6.07) is 0. The van der Waals surface area contributed by atoms with E-state index in [2.05, 4.69) is 30.2 Å². The molecule has 1 atom stereocenters. The summed E-state index contributed by atoms with van der Waals surface area (Å²) in [5, 5.41) is 0. The van der Waals surface area contributed by atoms with Crippen LogP contribution in [0, 0.1) is 5.92 Å². The van der Waals surface area contributed by atoms with Crippen molar-refractivity contribution in [2.45, 2.75) is 19.8 Å². The first kappa shape index (κ1) is 12.3. The molecule has 0 fully saturated rings. The lowest BCUT2D eigenvalue weighted by Gasteiger charge is -2.30. The van der Waals surface area contributed by atoms with E-state index in [4.69, 9.17) is 4.74 Å². The standard InChI is InChI=1S/C15H20N2O2/c1-3-19-15(18)17-9-8-12-11-6-4-5-7-13(11)16(2)14(12)10-17/h4-5,7,11H,3,6,8-10H2,1-2H3. The van der Waals surface area contributed by atoms with E-state index in [0.29, 0.717) is 19.1 Å². The minimum atomic E-state index is -0.190. The van der Waals surface area contributed by atoms with Crippen LogP contribution in [0.5, 0.6) is 0 Å². The normalized spacial score (nSPS) is 25.2. The third kappa shape index (κ3) is 1.95. The summed E-state index contributed by atoms with van der Waals surface area (Å²) >= 11 is 0. The molecule has 0 spiro atoms. The highest BCUT2D eigenvalue weighted by molar-refractivity contribution is 5.68. The highest BCUT2D eigenvalue weighted by Crippen LogP contribution is 2.43. The minimum Gasteiger partial charge on any atom is -0.450 e. The van der Waals surface area contributed by atoms with Gasteiger partial charge in [-0.3, -0.25) is 0 Å². The lowest BCUT2D eigenvalue weighted by molar-refractivity contribution is 0.107. The van der Waals surface area contributed by atoms with Gasteiger partial charge in [0, 0.05) is 30.9 Å². The largest absolute Gasteiger partial charge is 0.450 e. The molecule has 0 saturated heterocycles. The van der Waals surface area contributed by atoms with Crippen LogP contribution in [0.25, 0.3) is 0 Å². The summed E-state index contributed by atoms with van der Waals surface area (Å²) in [5.41, 5.74) is 4.18. The second kappa shape index (κ2) is 4.76. The number of likely N-dealkylation sites (N-methyl/N-ethyl adjacent to an activating group) is 1. The molecule has 102 valence electrons. The Balaban J connectivity index is 1.81. The fourth-order valence-corrected chi connectivity index (χ4v) is 3.27. The fourth-order valence-electron chi connectivity index (χ4n) is 3.27. The minimum absolute atomic E-state index is 0.190. The lowest BCUT2D eigenvalue weighted by atomic mass is 9.88. The van der Waals surface area contributed by atoms with Crippen molar-refractivity contribution in [2.75, 3.05) is 26.7 Å². The zero-order valence-electron chi connectivity index (χ0n) is 11.6. The first-order valence-corrected chi connectivity index (χ1v) is 6.96. The number of nitrogens with zero attached hydrogens (tertiary/aromatic N) is 2. The van der Waals surface area contributed by atoms with Crippen molar-refractivity contribution in [3.63, 3.8) is 0 Å². The summed E-state index contributed by atoms with van der Waals surface area (Å²) in [7, 11) is 2.11. The topological polar surface area (TPSA) is 32.8 Å². The van der Waals surface area contributed by atoms with Gasteiger partial charge in [0.15, 0.2) is 0 Å². The van der Waals surface area contributed by atoms with Gasteiger partial charge in [0.1, 0.15) is 0 Å². The molecular weight excluding hydrogens is 240 g/mol. The van der Waals surface area contributed by atoms with Gasteiger partial charge in [0.2, 0.25) is 0 Å². The SMILES string of the molecule is CCOC(=O)N1CCC2=C(C1)N(C)C1=CC=CCC12. The molecule has 1 unspecified atom stereocenters. The summed E-state index contributed by atoms with van der Waals surface area (Å²) in [4.78, 5) is 15.9. The van der Waals surface area contributed by atoms with E-state index in [1.807, 2.05) is 11.8 Å². The lowest BCUT2D eigenvalue weighted by Crippen LogP contribution is -2.39. The van der Waals surface area contributed by atoms with Crippen LogP contribution in [0.2, 0.25) is 0 Å². The maximum atomic E-state index is 11.8. The second-order valence-electron chi connectivity index (χ2n) is 5.21. The number of ether oxygens (including phenoxy) is 1. The third-order valence-corrected chi connectivity index (χ3v) is 4.23. The van der Waals surface area contributed by atoms with Gasteiger partial charge in [0.05, 0.1) is 13.2 Å². The Morgan fingerprint density at radius 2 is 2.37 bits per heavy atom. The summed E-state index contributed by atoms with van der Waals surface area (Å²) in [6.45, 7) is 3.74. The van der Waals surface area contributed by atoms with E-state index >= 15 is 0 Å². The number of carbonyl (C=O) groups is 1. The molecule has 0 aromatic heterocycles. The molecule has 0 aromatic carbocycles. The molecule has 0 N–H and O–H groups in total. The maximum absolute atomic E-state index is 11.8. The zero-order valence-corrected chi connectivity index (χ0v) is 11.6. The summed E-state index contributed by atoms with van der Waals surface area (Å²) in [6.07, 6.45) is 8.42. The molecule has 0 bridgehead atoms. The van der Waals surface area contributed by atoms with Crippen molar-refractivity contribution in [1.29, 1.82) is 0 Å². The summed E-state index contributed by atoms with van der Waals surface area (Å²) < 4.78 is 5.10. The first-order chi connectivity index (χ1) is 9.22. The van der Waals surface area contributed by atoms with Crippen LogP contribution in [0.4, 0.5) is 4.79 Å². The third-order valence-electron chi connectivity index (χ3n) is 4.23. The first-order valence-electron chi connectivity index (χ1n) is 6.96. The molecule has 3 rings (SSSR count). The van der Waals surface area contributed by atoms with Crippen molar-refractivity contribution in [3.8, 4) is 0 Å². The Morgan fingerprint density at radius 3 is 3.16 bits per heavy atom. The molecule has 0 saturated carbocycles. The molecule has 4 nitrogen and oxygen atoms in total. The number of hydrogen-bond acceptors (Lipinski definition) is 3. The van der Waals surface area contributed by atoms with Crippen molar-refractivity contribution in [3.05, 3.63) is 35.2 Å². The van der Waals surface area contributed by atoms with E-state index < -0.39 is 0 Å². The molecule has 0 radical (unpaired) electrons. The van der Waals surface area contributed by atoms with Gasteiger partial charge in [-0.2, -0.15) is 0 Å². The number of amides is 1. The monoisotopic (exact) mass is 260 g/mol. The van der Waals surface area contributed by atoms with Crippen LogP contribution in [0.1, 0.15) is 19.8 Å².